The fourth-order valence-electron chi connectivity index (χ4n) is 3.49. The summed E-state index contributed by atoms with van der Waals surface area (Å²) in [6.45, 7) is 9.99. The lowest BCUT2D eigenvalue weighted by Crippen LogP contribution is -2.23. The van der Waals surface area contributed by atoms with Crippen LogP contribution in [0, 0.1) is 6.92 Å². The van der Waals surface area contributed by atoms with Crippen LogP contribution in [0.25, 0.3) is 0 Å². The monoisotopic (exact) mass is 437 g/mol. The zero-order valence-electron chi connectivity index (χ0n) is 18.3. The van der Waals surface area contributed by atoms with Crippen molar-refractivity contribution in [3.05, 3.63) is 82.0 Å². The smallest absolute Gasteiger partial charge is 0.222 e. The van der Waals surface area contributed by atoms with Gasteiger partial charge >= 0.3 is 0 Å². The lowest BCUT2D eigenvalue weighted by molar-refractivity contribution is -0.109. The summed E-state index contributed by atoms with van der Waals surface area (Å²) in [5.74, 6) is -0.395. The number of rotatable bonds is 7. The number of carbonyl (C=O) groups excluding carboxylic acids is 1. The number of Topliss-reactive ketones (excluding diaryl/α,β-unsaturated/α-hetero) is 1. The minimum atomic E-state index is -1.14. The van der Waals surface area contributed by atoms with E-state index in [2.05, 4.69) is 41.2 Å². The number of aliphatic hydroxyl groups excluding tert-OH is 1. The molecule has 0 aromatic heterocycles. The molecule has 0 spiro atoms. The van der Waals surface area contributed by atoms with Crippen LogP contribution in [0.1, 0.15) is 38.1 Å². The Bertz CT molecular complexity index is 1050. The standard InChI is InChI=1S/C25H28ClN3O2/c1-5-29(6-2)19-12-13-20(16(3)14-19)27-21-15-22(24(30)23(26)17(21)4)28-25(31)18-10-8-7-9-11-18/h7-15,25,27,31H,5-6H2,1-4H3. The topological polar surface area (TPSA) is 64.9 Å². The first-order chi connectivity index (χ1) is 14.8. The number of hydrogen-bond acceptors (Lipinski definition) is 5. The highest BCUT2D eigenvalue weighted by molar-refractivity contribution is 6.62. The molecule has 0 fully saturated rings. The van der Waals surface area contributed by atoms with E-state index in [0.717, 1.165) is 24.3 Å². The van der Waals surface area contributed by atoms with Gasteiger partial charge in [-0.2, -0.15) is 0 Å². The van der Waals surface area contributed by atoms with Crippen molar-refractivity contribution in [3.63, 3.8) is 0 Å². The second-order valence-corrected chi connectivity index (χ2v) is 7.80. The first-order valence-electron chi connectivity index (χ1n) is 10.4. The molecule has 2 aromatic rings. The maximum absolute atomic E-state index is 12.6. The molecular formula is C25H28ClN3O2. The SMILES string of the molecule is CCN(CC)c1ccc(NC2=CC(=NC(O)c3ccccc3)C(=O)C(Cl)=C2C)c(C)c1. The van der Waals surface area contributed by atoms with E-state index in [0.29, 0.717) is 16.8 Å². The van der Waals surface area contributed by atoms with Gasteiger partial charge < -0.3 is 15.3 Å². The first-order valence-corrected chi connectivity index (χ1v) is 10.8. The number of ketones is 1. The van der Waals surface area contributed by atoms with Gasteiger partial charge in [0, 0.05) is 35.7 Å². The lowest BCUT2D eigenvalue weighted by Gasteiger charge is -2.23. The zero-order chi connectivity index (χ0) is 22.5. The number of aryl methyl sites for hydroxylation is 1. The summed E-state index contributed by atoms with van der Waals surface area (Å²) in [6, 6.07) is 15.2. The van der Waals surface area contributed by atoms with Crippen LogP contribution in [-0.2, 0) is 4.79 Å². The van der Waals surface area contributed by atoms with Gasteiger partial charge in [-0.15, -0.1) is 0 Å². The Kier molecular flexibility index (Phi) is 7.31. The largest absolute Gasteiger partial charge is 0.372 e. The Balaban J connectivity index is 1.91. The number of aliphatic imine (C=N–C) groups is 1. The third-order valence-corrected chi connectivity index (χ3v) is 5.87. The number of aliphatic hydroxyl groups is 1. The number of carbonyl (C=O) groups is 1. The summed E-state index contributed by atoms with van der Waals surface area (Å²) in [5.41, 5.74) is 5.22. The van der Waals surface area contributed by atoms with Gasteiger partial charge in [-0.3, -0.25) is 4.79 Å². The Hall–Kier alpha value is -2.89. The molecule has 31 heavy (non-hydrogen) atoms. The molecule has 0 bridgehead atoms. The summed E-state index contributed by atoms with van der Waals surface area (Å²) in [7, 11) is 0. The Morgan fingerprint density at radius 2 is 1.77 bits per heavy atom. The molecule has 2 aromatic carbocycles. The van der Waals surface area contributed by atoms with Gasteiger partial charge in [0.1, 0.15) is 5.71 Å². The van der Waals surface area contributed by atoms with Crippen molar-refractivity contribution >= 4 is 34.5 Å². The van der Waals surface area contributed by atoms with Gasteiger partial charge in [-0.1, -0.05) is 41.9 Å². The van der Waals surface area contributed by atoms with Crippen LogP contribution >= 0.6 is 11.6 Å². The van der Waals surface area contributed by atoms with Gasteiger partial charge in [0.05, 0.1) is 5.03 Å². The van der Waals surface area contributed by atoms with Gasteiger partial charge in [0.15, 0.2) is 6.23 Å². The molecule has 0 aliphatic heterocycles. The molecule has 1 atom stereocenters. The number of halogens is 1. The highest BCUT2D eigenvalue weighted by Gasteiger charge is 2.25. The first kappa shape index (κ1) is 22.8. The second kappa shape index (κ2) is 9.94. The summed E-state index contributed by atoms with van der Waals surface area (Å²) >= 11 is 6.33. The molecule has 3 rings (SSSR count). The third kappa shape index (κ3) is 5.06. The van der Waals surface area contributed by atoms with Crippen molar-refractivity contribution in [2.45, 2.75) is 33.9 Å². The van der Waals surface area contributed by atoms with Crippen LogP contribution < -0.4 is 10.2 Å². The van der Waals surface area contributed by atoms with Crippen molar-refractivity contribution in [1.82, 2.24) is 0 Å². The normalized spacial score (nSPS) is 16.4. The molecule has 2 N–H and O–H groups in total. The predicted molar refractivity (Wildman–Crippen MR) is 129 cm³/mol. The van der Waals surface area contributed by atoms with E-state index in [1.54, 1.807) is 25.1 Å². The molecule has 1 unspecified atom stereocenters. The van der Waals surface area contributed by atoms with Crippen molar-refractivity contribution in [2.75, 3.05) is 23.3 Å². The fraction of sp³-hybridized carbons (Fsp3) is 0.280. The quantitative estimate of drug-likeness (QED) is 0.572. The lowest BCUT2D eigenvalue weighted by atomic mass is 10.0. The molecule has 0 saturated heterocycles. The Labute approximate surface area is 188 Å². The minimum Gasteiger partial charge on any atom is -0.372 e. The Morgan fingerprint density at radius 1 is 1.10 bits per heavy atom. The number of benzene rings is 2. The predicted octanol–water partition coefficient (Wildman–Crippen LogP) is 5.36. The number of hydrogen-bond donors (Lipinski definition) is 2. The van der Waals surface area contributed by atoms with Crippen LogP contribution in [-0.4, -0.2) is 29.7 Å². The average molecular weight is 438 g/mol. The van der Waals surface area contributed by atoms with Crippen LogP contribution in [0.3, 0.4) is 0 Å². The van der Waals surface area contributed by atoms with E-state index in [4.69, 9.17) is 11.6 Å². The van der Waals surface area contributed by atoms with Gasteiger partial charge in [0.2, 0.25) is 5.78 Å². The highest BCUT2D eigenvalue weighted by atomic mass is 35.5. The van der Waals surface area contributed by atoms with E-state index in [1.807, 2.05) is 31.2 Å². The minimum absolute atomic E-state index is 0.0985. The second-order valence-electron chi connectivity index (χ2n) is 7.42. The van der Waals surface area contributed by atoms with E-state index < -0.39 is 12.0 Å². The summed E-state index contributed by atoms with van der Waals surface area (Å²) < 4.78 is 0. The maximum Gasteiger partial charge on any atom is 0.222 e. The summed E-state index contributed by atoms with van der Waals surface area (Å²) in [4.78, 5) is 19.2. The molecule has 162 valence electrons. The molecule has 5 nitrogen and oxygen atoms in total. The van der Waals surface area contributed by atoms with Gasteiger partial charge in [-0.25, -0.2) is 4.99 Å². The molecule has 0 radical (unpaired) electrons. The molecule has 1 aliphatic carbocycles. The maximum atomic E-state index is 12.6. The van der Waals surface area contributed by atoms with Crippen molar-refractivity contribution in [1.29, 1.82) is 0 Å². The van der Waals surface area contributed by atoms with E-state index in [1.165, 1.54) is 5.69 Å². The van der Waals surface area contributed by atoms with E-state index in [9.17, 15) is 9.90 Å². The van der Waals surface area contributed by atoms with Gasteiger partial charge in [0.25, 0.3) is 0 Å². The Morgan fingerprint density at radius 3 is 2.39 bits per heavy atom. The fourth-order valence-corrected chi connectivity index (χ4v) is 3.69. The van der Waals surface area contributed by atoms with Crippen molar-refractivity contribution in [3.8, 4) is 0 Å². The highest BCUT2D eigenvalue weighted by Crippen LogP contribution is 2.29. The van der Waals surface area contributed by atoms with Crippen LogP contribution in [0.4, 0.5) is 11.4 Å². The molecular weight excluding hydrogens is 410 g/mol. The summed E-state index contributed by atoms with van der Waals surface area (Å²) in [6.07, 6.45) is 0.503. The average Bonchev–Trinajstić information content (AvgIpc) is 2.78. The number of anilines is 2. The third-order valence-electron chi connectivity index (χ3n) is 5.41. The number of allylic oxidation sites excluding steroid dienone is 3. The van der Waals surface area contributed by atoms with Gasteiger partial charge in [-0.05, 0) is 63.1 Å². The number of nitrogens with one attached hydrogen (secondary N) is 1. The molecule has 1 aliphatic rings. The van der Waals surface area contributed by atoms with E-state index in [-0.39, 0.29) is 10.7 Å². The molecule has 0 amide bonds. The van der Waals surface area contributed by atoms with Crippen LogP contribution in [0.2, 0.25) is 0 Å². The van der Waals surface area contributed by atoms with Crippen LogP contribution in [0.5, 0.6) is 0 Å². The molecule has 0 saturated carbocycles. The van der Waals surface area contributed by atoms with Crippen molar-refractivity contribution in [2.24, 2.45) is 4.99 Å². The number of nitrogens with zero attached hydrogens (tertiary/aromatic N) is 2. The molecule has 0 heterocycles. The zero-order valence-corrected chi connectivity index (χ0v) is 19.1. The van der Waals surface area contributed by atoms with Crippen LogP contribution in [0.15, 0.2) is 75.9 Å². The van der Waals surface area contributed by atoms with E-state index >= 15 is 0 Å². The summed E-state index contributed by atoms with van der Waals surface area (Å²) in [5, 5.41) is 13.9. The van der Waals surface area contributed by atoms with Crippen molar-refractivity contribution < 1.29 is 9.90 Å². The molecule has 6 heteroatoms.